The number of carbonyl (C=O) groups is 1. The summed E-state index contributed by atoms with van der Waals surface area (Å²) < 4.78 is 0. The smallest absolute Gasteiger partial charge is 0.247 e. The van der Waals surface area contributed by atoms with Gasteiger partial charge in [-0.3, -0.25) is 0 Å². The lowest BCUT2D eigenvalue weighted by Crippen LogP contribution is -1.91. The second-order valence-electron chi connectivity index (χ2n) is 5.71. The maximum absolute atomic E-state index is 10.2. The third kappa shape index (κ3) is 17.2. The minimum atomic E-state index is -0.914. The van der Waals surface area contributed by atoms with Gasteiger partial charge >= 0.3 is 5.97 Å². The summed E-state index contributed by atoms with van der Waals surface area (Å²) in [5, 5.41) is 10.2. The average molecular weight is 281 g/mol. The number of unbranched alkanes of at least 4 members (excludes halogenated alkanes) is 11. The summed E-state index contributed by atoms with van der Waals surface area (Å²) in [4.78, 5) is 10.2. The first-order valence-electron chi connectivity index (χ1n) is 8.62. The van der Waals surface area contributed by atoms with Gasteiger partial charge in [0.1, 0.15) is 0 Å². The molecule has 0 saturated heterocycles. The van der Waals surface area contributed by atoms with Crippen LogP contribution in [-0.2, 0) is 9.90 Å². The molecule has 0 fully saturated rings. The number of hydrogen-bond acceptors (Lipinski definition) is 1. The number of carbonyl (C=O) groups excluding carboxylic acids is 1. The van der Waals surface area contributed by atoms with Crippen molar-refractivity contribution in [3.8, 4) is 0 Å². The first-order chi connectivity index (χ1) is 9.77. The van der Waals surface area contributed by atoms with E-state index in [-0.39, 0.29) is 6.42 Å². The van der Waals surface area contributed by atoms with Crippen LogP contribution in [0.5, 0.6) is 0 Å². The van der Waals surface area contributed by atoms with Crippen molar-refractivity contribution in [2.45, 2.75) is 96.8 Å². The molecule has 0 aromatic rings. The maximum Gasteiger partial charge on any atom is 0.355 e. The fraction of sp³-hybridized carbons (Fsp3) is 0.833. The quantitative estimate of drug-likeness (QED) is 0.268. The summed E-state index contributed by atoms with van der Waals surface area (Å²) in [5.41, 5.74) is 0. The topological polar surface area (TPSA) is 37.0 Å². The van der Waals surface area contributed by atoms with Crippen LogP contribution in [0.1, 0.15) is 96.8 Å². The molecule has 0 heterocycles. The van der Waals surface area contributed by atoms with Crippen molar-refractivity contribution in [2.24, 2.45) is 0 Å². The van der Waals surface area contributed by atoms with Crippen LogP contribution in [0, 0.1) is 0 Å². The number of allylic oxidation sites excluding steroid dienone is 2. The molecule has 20 heavy (non-hydrogen) atoms. The SMILES string of the molecule is CCCCCCCCC=CCCCCCCCC([O])=O. The van der Waals surface area contributed by atoms with Crippen LogP contribution in [0.3, 0.4) is 0 Å². The molecular formula is C18H33O2. The average Bonchev–Trinajstić information content (AvgIpc) is 2.43. The largest absolute Gasteiger partial charge is 0.355 e. The molecule has 0 amide bonds. The highest BCUT2D eigenvalue weighted by atomic mass is 16.4. The van der Waals surface area contributed by atoms with Gasteiger partial charge in [0.25, 0.3) is 0 Å². The Morgan fingerprint density at radius 1 is 0.700 bits per heavy atom. The Morgan fingerprint density at radius 3 is 1.65 bits per heavy atom. The van der Waals surface area contributed by atoms with E-state index in [2.05, 4.69) is 19.1 Å². The second kappa shape index (κ2) is 16.3. The van der Waals surface area contributed by atoms with Crippen molar-refractivity contribution in [3.63, 3.8) is 0 Å². The van der Waals surface area contributed by atoms with E-state index in [0.717, 1.165) is 19.3 Å². The van der Waals surface area contributed by atoms with E-state index in [0.29, 0.717) is 0 Å². The fourth-order valence-electron chi connectivity index (χ4n) is 2.34. The Balaban J connectivity index is 3.07. The van der Waals surface area contributed by atoms with Crippen LogP contribution in [0.4, 0.5) is 0 Å². The third-order valence-electron chi connectivity index (χ3n) is 3.64. The zero-order valence-electron chi connectivity index (χ0n) is 13.4. The van der Waals surface area contributed by atoms with Gasteiger partial charge in [0.15, 0.2) is 0 Å². The molecule has 0 aromatic carbocycles. The maximum atomic E-state index is 10.2. The minimum absolute atomic E-state index is 0.220. The van der Waals surface area contributed by atoms with Gasteiger partial charge in [-0.2, -0.15) is 0 Å². The Hall–Kier alpha value is -0.790. The van der Waals surface area contributed by atoms with Crippen molar-refractivity contribution in [2.75, 3.05) is 0 Å². The highest BCUT2D eigenvalue weighted by Crippen LogP contribution is 2.09. The van der Waals surface area contributed by atoms with Crippen LogP contribution >= 0.6 is 0 Å². The van der Waals surface area contributed by atoms with Gasteiger partial charge in [0.05, 0.1) is 6.42 Å². The lowest BCUT2D eigenvalue weighted by Gasteiger charge is -1.99. The van der Waals surface area contributed by atoms with Crippen molar-refractivity contribution < 1.29 is 9.90 Å². The molecule has 0 N–H and O–H groups in total. The standard InChI is InChI=1S/C18H33O2/c1-2-3-4-5-6-7-8-9-10-11-12-13-14-15-16-17-18(19)20/h9-10H,2-8,11-17H2,1H3. The molecular weight excluding hydrogens is 248 g/mol. The molecule has 0 aliphatic heterocycles. The lowest BCUT2D eigenvalue weighted by atomic mass is 10.1. The van der Waals surface area contributed by atoms with E-state index in [4.69, 9.17) is 0 Å². The number of hydrogen-bond donors (Lipinski definition) is 0. The summed E-state index contributed by atoms with van der Waals surface area (Å²) >= 11 is 0. The van der Waals surface area contributed by atoms with Crippen LogP contribution in [0.2, 0.25) is 0 Å². The van der Waals surface area contributed by atoms with Gasteiger partial charge in [0.2, 0.25) is 0 Å². The van der Waals surface area contributed by atoms with Gasteiger partial charge in [-0.05, 0) is 32.1 Å². The molecule has 0 aromatic heterocycles. The molecule has 0 rings (SSSR count). The van der Waals surface area contributed by atoms with E-state index < -0.39 is 5.97 Å². The molecule has 117 valence electrons. The highest BCUT2D eigenvalue weighted by molar-refractivity contribution is 5.66. The van der Waals surface area contributed by atoms with Crippen LogP contribution in [0.15, 0.2) is 12.2 Å². The van der Waals surface area contributed by atoms with Crippen molar-refractivity contribution in [3.05, 3.63) is 12.2 Å². The molecule has 0 unspecified atom stereocenters. The van der Waals surface area contributed by atoms with Crippen LogP contribution < -0.4 is 0 Å². The van der Waals surface area contributed by atoms with Crippen molar-refractivity contribution in [1.82, 2.24) is 0 Å². The van der Waals surface area contributed by atoms with Gasteiger partial charge < -0.3 is 0 Å². The Morgan fingerprint density at radius 2 is 1.15 bits per heavy atom. The van der Waals surface area contributed by atoms with Gasteiger partial charge in [-0.25, -0.2) is 9.90 Å². The van der Waals surface area contributed by atoms with Gasteiger partial charge in [0, 0.05) is 0 Å². The summed E-state index contributed by atoms with van der Waals surface area (Å²) in [6.07, 6.45) is 20.9. The monoisotopic (exact) mass is 281 g/mol. The number of rotatable bonds is 15. The predicted molar refractivity (Wildman–Crippen MR) is 85.1 cm³/mol. The third-order valence-corrected chi connectivity index (χ3v) is 3.64. The van der Waals surface area contributed by atoms with E-state index in [1.165, 1.54) is 64.2 Å². The normalized spacial score (nSPS) is 11.2. The second-order valence-corrected chi connectivity index (χ2v) is 5.71. The molecule has 0 aliphatic carbocycles. The van der Waals surface area contributed by atoms with Crippen molar-refractivity contribution >= 4 is 5.97 Å². The summed E-state index contributed by atoms with van der Waals surface area (Å²) in [7, 11) is 0. The zero-order chi connectivity index (χ0) is 14.9. The first kappa shape index (κ1) is 19.2. The highest BCUT2D eigenvalue weighted by Gasteiger charge is 1.98. The Kier molecular flexibility index (Phi) is 15.6. The molecule has 2 heteroatoms. The molecule has 0 aliphatic rings. The molecule has 0 spiro atoms. The van der Waals surface area contributed by atoms with Gasteiger partial charge in [-0.15, -0.1) is 0 Å². The van der Waals surface area contributed by atoms with Crippen LogP contribution in [-0.4, -0.2) is 5.97 Å². The van der Waals surface area contributed by atoms with Crippen LogP contribution in [0.25, 0.3) is 0 Å². The summed E-state index contributed by atoms with van der Waals surface area (Å²) in [5.74, 6) is -0.914. The van der Waals surface area contributed by atoms with E-state index >= 15 is 0 Å². The van der Waals surface area contributed by atoms with E-state index in [9.17, 15) is 9.90 Å². The van der Waals surface area contributed by atoms with Gasteiger partial charge in [-0.1, -0.05) is 70.4 Å². The Bertz CT molecular complexity index is 234. The molecule has 2 nitrogen and oxygen atoms in total. The molecule has 1 radical (unpaired) electrons. The zero-order valence-corrected chi connectivity index (χ0v) is 13.4. The van der Waals surface area contributed by atoms with E-state index in [1.807, 2.05) is 0 Å². The Labute approximate surface area is 125 Å². The summed E-state index contributed by atoms with van der Waals surface area (Å²) in [6.45, 7) is 2.26. The molecule has 0 saturated carbocycles. The summed E-state index contributed by atoms with van der Waals surface area (Å²) in [6, 6.07) is 0. The first-order valence-corrected chi connectivity index (χ1v) is 8.62. The predicted octanol–water partition coefficient (Wildman–Crippen LogP) is 5.98. The van der Waals surface area contributed by atoms with E-state index in [1.54, 1.807) is 0 Å². The fourth-order valence-corrected chi connectivity index (χ4v) is 2.34. The lowest BCUT2D eigenvalue weighted by molar-refractivity contribution is -0.143. The molecule has 0 atom stereocenters. The minimum Gasteiger partial charge on any atom is -0.247 e. The van der Waals surface area contributed by atoms with Crippen molar-refractivity contribution in [1.29, 1.82) is 0 Å². The molecule has 0 bridgehead atoms.